The lowest BCUT2D eigenvalue weighted by Gasteiger charge is -2.05. The van der Waals surface area contributed by atoms with E-state index in [2.05, 4.69) is 25.6 Å². The molecule has 0 unspecified atom stereocenters. The second kappa shape index (κ2) is 5.11. The molecular formula is C10H9BrN4O2S3. The monoisotopic (exact) mass is 392 g/mol. The van der Waals surface area contributed by atoms with Crippen molar-refractivity contribution in [3.8, 4) is 0 Å². The van der Waals surface area contributed by atoms with E-state index in [0.717, 1.165) is 8.66 Å². The highest BCUT2D eigenvalue weighted by Crippen LogP contribution is 2.25. The molecule has 3 heterocycles. The maximum atomic E-state index is 12.4. The van der Waals surface area contributed by atoms with E-state index in [4.69, 9.17) is 5.73 Å². The zero-order chi connectivity index (χ0) is 14.3. The van der Waals surface area contributed by atoms with Crippen LogP contribution in [0, 0.1) is 0 Å². The van der Waals surface area contributed by atoms with Crippen LogP contribution in [-0.4, -0.2) is 17.8 Å². The van der Waals surface area contributed by atoms with Crippen LogP contribution in [0.2, 0.25) is 0 Å². The number of nitrogen functional groups attached to an aromatic ring is 1. The van der Waals surface area contributed by atoms with E-state index in [9.17, 15) is 8.42 Å². The predicted molar refractivity (Wildman–Crippen MR) is 83.5 cm³/mol. The highest BCUT2D eigenvalue weighted by atomic mass is 79.9. The summed E-state index contributed by atoms with van der Waals surface area (Å²) < 4.78 is 29.7. The summed E-state index contributed by atoms with van der Waals surface area (Å²) in [7, 11) is -3.71. The number of nitrogens with two attached hydrogens (primary N) is 1. The molecule has 0 aliphatic heterocycles. The van der Waals surface area contributed by atoms with E-state index in [1.54, 1.807) is 11.6 Å². The van der Waals surface area contributed by atoms with Gasteiger partial charge in [-0.15, -0.1) is 22.7 Å². The maximum Gasteiger partial charge on any atom is 0.260 e. The topological polar surface area (TPSA) is 89.5 Å². The number of sulfonamides is 1. The number of thiophene rings is 1. The number of imidazole rings is 1. The first-order valence-electron chi connectivity index (χ1n) is 5.42. The third kappa shape index (κ3) is 2.49. The Morgan fingerprint density at radius 3 is 2.95 bits per heavy atom. The quantitative estimate of drug-likeness (QED) is 0.712. The van der Waals surface area contributed by atoms with Crippen LogP contribution in [0.25, 0.3) is 4.96 Å². The SMILES string of the molecule is Nc1nc2sccn2c1S(=O)(=O)NCc1ccc(Br)s1. The molecule has 0 radical (unpaired) electrons. The molecule has 0 spiro atoms. The number of aromatic nitrogens is 2. The zero-order valence-electron chi connectivity index (χ0n) is 9.91. The number of nitrogens with zero attached hydrogens (tertiary/aromatic N) is 2. The van der Waals surface area contributed by atoms with E-state index in [1.807, 2.05) is 12.1 Å². The Kier molecular flexibility index (Phi) is 3.58. The number of rotatable bonds is 4. The lowest BCUT2D eigenvalue weighted by Crippen LogP contribution is -2.24. The van der Waals surface area contributed by atoms with E-state index in [1.165, 1.54) is 27.1 Å². The van der Waals surface area contributed by atoms with E-state index >= 15 is 0 Å². The summed E-state index contributed by atoms with van der Waals surface area (Å²) in [5.41, 5.74) is 5.71. The Hall–Kier alpha value is -0.940. The van der Waals surface area contributed by atoms with Crippen molar-refractivity contribution in [2.24, 2.45) is 0 Å². The average molecular weight is 393 g/mol. The lowest BCUT2D eigenvalue weighted by atomic mass is 10.5. The molecule has 3 aromatic rings. The van der Waals surface area contributed by atoms with Crippen molar-refractivity contribution < 1.29 is 8.42 Å². The molecule has 10 heteroatoms. The van der Waals surface area contributed by atoms with Crippen molar-refractivity contribution in [1.29, 1.82) is 0 Å². The number of fused-ring (bicyclic) bond motifs is 1. The second-order valence-corrected chi connectivity index (χ2v) is 8.99. The van der Waals surface area contributed by atoms with Crippen LogP contribution in [0.5, 0.6) is 0 Å². The maximum absolute atomic E-state index is 12.4. The van der Waals surface area contributed by atoms with Gasteiger partial charge in [-0.1, -0.05) is 0 Å². The Labute approximate surface area is 131 Å². The number of hydrogen-bond acceptors (Lipinski definition) is 6. The van der Waals surface area contributed by atoms with Gasteiger partial charge in [-0.05, 0) is 28.1 Å². The molecule has 6 nitrogen and oxygen atoms in total. The van der Waals surface area contributed by atoms with E-state index in [0.29, 0.717) is 4.96 Å². The number of nitrogens with one attached hydrogen (secondary N) is 1. The summed E-state index contributed by atoms with van der Waals surface area (Å²) >= 11 is 6.14. The van der Waals surface area contributed by atoms with Crippen LogP contribution < -0.4 is 10.5 Å². The van der Waals surface area contributed by atoms with Crippen LogP contribution in [0.15, 0.2) is 32.5 Å². The minimum Gasteiger partial charge on any atom is -0.381 e. The molecule has 0 amide bonds. The minimum absolute atomic E-state index is 0.00984. The molecule has 0 aromatic carbocycles. The molecule has 0 saturated heterocycles. The van der Waals surface area contributed by atoms with Gasteiger partial charge in [0.25, 0.3) is 10.0 Å². The van der Waals surface area contributed by atoms with Gasteiger partial charge in [-0.25, -0.2) is 18.1 Å². The first-order chi connectivity index (χ1) is 9.47. The predicted octanol–water partition coefficient (Wildman–Crippen LogP) is 2.28. The van der Waals surface area contributed by atoms with Gasteiger partial charge in [0.2, 0.25) is 0 Å². The fourth-order valence-corrected chi connectivity index (χ4v) is 5.23. The van der Waals surface area contributed by atoms with Gasteiger partial charge in [-0.3, -0.25) is 4.40 Å². The van der Waals surface area contributed by atoms with Crippen LogP contribution in [0.4, 0.5) is 5.82 Å². The Bertz CT molecular complexity index is 864. The normalized spacial score (nSPS) is 12.2. The van der Waals surface area contributed by atoms with E-state index in [-0.39, 0.29) is 17.4 Å². The minimum atomic E-state index is -3.71. The van der Waals surface area contributed by atoms with Gasteiger partial charge in [0, 0.05) is 23.0 Å². The van der Waals surface area contributed by atoms with Crippen LogP contribution in [-0.2, 0) is 16.6 Å². The average Bonchev–Trinajstić information content (AvgIpc) is 3.02. The molecule has 0 fully saturated rings. The fourth-order valence-electron chi connectivity index (χ4n) is 1.73. The molecule has 3 N–H and O–H groups in total. The highest BCUT2D eigenvalue weighted by Gasteiger charge is 2.24. The molecule has 3 aromatic heterocycles. The van der Waals surface area contributed by atoms with Gasteiger partial charge in [0.1, 0.15) is 0 Å². The van der Waals surface area contributed by atoms with Gasteiger partial charge in [0.05, 0.1) is 3.79 Å². The summed E-state index contributed by atoms with van der Waals surface area (Å²) in [5.74, 6) is 0.0108. The third-order valence-electron chi connectivity index (χ3n) is 2.56. The number of anilines is 1. The zero-order valence-corrected chi connectivity index (χ0v) is 13.9. The van der Waals surface area contributed by atoms with Gasteiger partial charge in [-0.2, -0.15) is 0 Å². The Morgan fingerprint density at radius 2 is 2.25 bits per heavy atom. The molecule has 0 atom stereocenters. The van der Waals surface area contributed by atoms with Crippen molar-refractivity contribution in [3.63, 3.8) is 0 Å². The van der Waals surface area contributed by atoms with Crippen LogP contribution in [0.3, 0.4) is 0 Å². The summed E-state index contributed by atoms with van der Waals surface area (Å²) in [4.78, 5) is 5.50. The highest BCUT2D eigenvalue weighted by molar-refractivity contribution is 9.11. The fraction of sp³-hybridized carbons (Fsp3) is 0.100. The number of hydrogen-bond donors (Lipinski definition) is 2. The summed E-state index contributed by atoms with van der Waals surface area (Å²) in [5, 5.41) is 1.75. The number of halogens is 1. The Morgan fingerprint density at radius 1 is 1.45 bits per heavy atom. The van der Waals surface area contributed by atoms with Crippen molar-refractivity contribution in [3.05, 3.63) is 32.4 Å². The molecule has 0 aliphatic rings. The molecule has 106 valence electrons. The van der Waals surface area contributed by atoms with Gasteiger partial charge >= 0.3 is 0 Å². The summed E-state index contributed by atoms with van der Waals surface area (Å²) in [6.07, 6.45) is 1.64. The smallest absolute Gasteiger partial charge is 0.260 e. The van der Waals surface area contributed by atoms with Crippen molar-refractivity contribution in [1.82, 2.24) is 14.1 Å². The molecule has 0 bridgehead atoms. The molecule has 3 rings (SSSR count). The van der Waals surface area contributed by atoms with E-state index < -0.39 is 10.0 Å². The first kappa shape index (κ1) is 14.0. The first-order valence-corrected chi connectivity index (χ1v) is 9.39. The number of thiazole rings is 1. The third-order valence-corrected chi connectivity index (χ3v) is 6.38. The van der Waals surface area contributed by atoms with Crippen molar-refractivity contribution in [2.45, 2.75) is 11.6 Å². The van der Waals surface area contributed by atoms with Crippen LogP contribution in [0.1, 0.15) is 4.88 Å². The van der Waals surface area contributed by atoms with Crippen LogP contribution >= 0.6 is 38.6 Å². The van der Waals surface area contributed by atoms with Crippen molar-refractivity contribution >= 4 is 59.4 Å². The largest absolute Gasteiger partial charge is 0.381 e. The van der Waals surface area contributed by atoms with Gasteiger partial charge < -0.3 is 5.73 Å². The molecule has 0 aliphatic carbocycles. The summed E-state index contributed by atoms with van der Waals surface area (Å²) in [6.45, 7) is 0.218. The molecule has 0 saturated carbocycles. The van der Waals surface area contributed by atoms with Gasteiger partial charge in [0.15, 0.2) is 15.8 Å². The molecular weight excluding hydrogens is 384 g/mol. The summed E-state index contributed by atoms with van der Waals surface area (Å²) in [6, 6.07) is 3.73. The van der Waals surface area contributed by atoms with Crippen molar-refractivity contribution in [2.75, 3.05) is 5.73 Å². The second-order valence-electron chi connectivity index (χ2n) is 3.89. The Balaban J connectivity index is 1.91. The standard InChI is InChI=1S/C10H9BrN4O2S3/c11-7-2-1-6(19-7)5-13-20(16,17)9-8(12)14-10-15(9)3-4-18-10/h1-4,13H,5,12H2. The molecule has 20 heavy (non-hydrogen) atoms. The lowest BCUT2D eigenvalue weighted by molar-refractivity contribution is 0.577.